The molecule has 1 aliphatic carbocycles. The van der Waals surface area contributed by atoms with Gasteiger partial charge in [-0.05, 0) is 55.7 Å². The first-order valence-corrected chi connectivity index (χ1v) is 9.27. The molecule has 0 N–H and O–H groups in total. The number of amides is 1. The van der Waals surface area contributed by atoms with E-state index in [9.17, 15) is 4.79 Å². The number of hydrogen-bond donors (Lipinski definition) is 0. The maximum Gasteiger partial charge on any atom is 0.228 e. The molecule has 2 aromatic rings. The van der Waals surface area contributed by atoms with Crippen molar-refractivity contribution in [3.63, 3.8) is 0 Å². The minimum absolute atomic E-state index is 0.215. The molecular formula is C21H25N3O. The monoisotopic (exact) mass is 335 g/mol. The molecule has 2 aliphatic rings. The number of carbonyl (C=O) groups is 1. The standard InChI is InChI=1S/C21H25N3O/c25-20(23-14-7-13-21(17-23)11-5-2-6-12-21)16-18-10-15-24(22-18)19-8-3-1-4-9-19/h1-5,8-10,15H,6-7,11-14,16-17H2. The SMILES string of the molecule is O=C(Cc1ccn(-c2ccccc2)n1)N1CCCC2(CC=CCC2)C1. The van der Waals surface area contributed by atoms with Gasteiger partial charge in [0.1, 0.15) is 0 Å². The Morgan fingerprint density at radius 1 is 1.12 bits per heavy atom. The normalized spacial score (nSPS) is 23.1. The number of aromatic nitrogens is 2. The van der Waals surface area contributed by atoms with Crippen LogP contribution in [0.2, 0.25) is 0 Å². The van der Waals surface area contributed by atoms with Gasteiger partial charge in [0.05, 0.1) is 17.8 Å². The first kappa shape index (κ1) is 16.1. The van der Waals surface area contributed by atoms with E-state index in [0.29, 0.717) is 11.8 Å². The van der Waals surface area contributed by atoms with Crippen LogP contribution in [0.1, 0.15) is 37.8 Å². The van der Waals surface area contributed by atoms with E-state index in [1.807, 2.05) is 47.3 Å². The van der Waals surface area contributed by atoms with E-state index in [-0.39, 0.29) is 5.91 Å². The van der Waals surface area contributed by atoms with Crippen LogP contribution in [0, 0.1) is 5.41 Å². The Morgan fingerprint density at radius 3 is 2.80 bits per heavy atom. The van der Waals surface area contributed by atoms with Gasteiger partial charge in [0.15, 0.2) is 0 Å². The van der Waals surface area contributed by atoms with Gasteiger partial charge in [0.2, 0.25) is 5.91 Å². The molecule has 0 radical (unpaired) electrons. The summed E-state index contributed by atoms with van der Waals surface area (Å²) in [5, 5.41) is 4.58. The molecule has 130 valence electrons. The number of para-hydroxylation sites is 1. The predicted octanol–water partition coefficient (Wildman–Crippen LogP) is 3.76. The zero-order valence-electron chi connectivity index (χ0n) is 14.6. The Morgan fingerprint density at radius 2 is 2.00 bits per heavy atom. The van der Waals surface area contributed by atoms with Gasteiger partial charge in [-0.25, -0.2) is 4.68 Å². The number of piperidine rings is 1. The average Bonchev–Trinajstić information content (AvgIpc) is 3.12. The lowest BCUT2D eigenvalue weighted by Crippen LogP contribution is -2.47. The van der Waals surface area contributed by atoms with Gasteiger partial charge >= 0.3 is 0 Å². The lowest BCUT2D eigenvalue weighted by molar-refractivity contribution is -0.134. The maximum absolute atomic E-state index is 12.8. The van der Waals surface area contributed by atoms with Crippen molar-refractivity contribution in [1.82, 2.24) is 14.7 Å². The molecule has 4 rings (SSSR count). The summed E-state index contributed by atoms with van der Waals surface area (Å²) in [6.45, 7) is 1.80. The molecule has 1 unspecified atom stereocenters. The second-order valence-corrected chi connectivity index (χ2v) is 7.40. The molecule has 2 heterocycles. The van der Waals surface area contributed by atoms with Crippen molar-refractivity contribution in [2.45, 2.75) is 38.5 Å². The second-order valence-electron chi connectivity index (χ2n) is 7.40. The number of nitrogens with zero attached hydrogens (tertiary/aromatic N) is 3. The Balaban J connectivity index is 1.42. The van der Waals surface area contributed by atoms with E-state index in [1.54, 1.807) is 0 Å². The van der Waals surface area contributed by atoms with Gasteiger partial charge in [-0.15, -0.1) is 0 Å². The molecule has 1 atom stereocenters. The van der Waals surface area contributed by atoms with Crippen molar-refractivity contribution in [3.05, 3.63) is 60.4 Å². The molecule has 1 amide bonds. The highest BCUT2D eigenvalue weighted by Gasteiger charge is 2.36. The van der Waals surface area contributed by atoms with Gasteiger partial charge in [-0.3, -0.25) is 4.79 Å². The lowest BCUT2D eigenvalue weighted by atomic mass is 9.71. The highest BCUT2D eigenvalue weighted by atomic mass is 16.2. The molecule has 1 spiro atoms. The second kappa shape index (κ2) is 6.87. The van der Waals surface area contributed by atoms with E-state index in [4.69, 9.17) is 0 Å². The van der Waals surface area contributed by atoms with Crippen molar-refractivity contribution in [2.75, 3.05) is 13.1 Å². The fourth-order valence-corrected chi connectivity index (χ4v) is 4.18. The molecule has 4 heteroatoms. The van der Waals surface area contributed by atoms with E-state index in [2.05, 4.69) is 22.2 Å². The van der Waals surface area contributed by atoms with Crippen LogP contribution in [0.25, 0.3) is 5.69 Å². The molecule has 1 aromatic carbocycles. The van der Waals surface area contributed by atoms with Gasteiger partial charge in [0, 0.05) is 19.3 Å². The summed E-state index contributed by atoms with van der Waals surface area (Å²) in [6.07, 6.45) is 12.8. The first-order chi connectivity index (χ1) is 12.2. The lowest BCUT2D eigenvalue weighted by Gasteiger charge is -2.44. The van der Waals surface area contributed by atoms with Crippen molar-refractivity contribution >= 4 is 5.91 Å². The fourth-order valence-electron chi connectivity index (χ4n) is 4.18. The summed E-state index contributed by atoms with van der Waals surface area (Å²) < 4.78 is 1.84. The van der Waals surface area contributed by atoms with Crippen LogP contribution in [-0.2, 0) is 11.2 Å². The van der Waals surface area contributed by atoms with Gasteiger partial charge in [-0.1, -0.05) is 30.4 Å². The van der Waals surface area contributed by atoms with Crippen LogP contribution >= 0.6 is 0 Å². The number of rotatable bonds is 3. The summed E-state index contributed by atoms with van der Waals surface area (Å²) in [4.78, 5) is 14.9. The van der Waals surface area contributed by atoms with Crippen molar-refractivity contribution in [1.29, 1.82) is 0 Å². The van der Waals surface area contributed by atoms with Crippen molar-refractivity contribution < 1.29 is 4.79 Å². The largest absolute Gasteiger partial charge is 0.342 e. The minimum Gasteiger partial charge on any atom is -0.342 e. The average molecular weight is 335 g/mol. The predicted molar refractivity (Wildman–Crippen MR) is 98.5 cm³/mol. The third kappa shape index (κ3) is 3.53. The molecule has 1 fully saturated rings. The molecule has 25 heavy (non-hydrogen) atoms. The molecule has 1 aliphatic heterocycles. The molecule has 4 nitrogen and oxygen atoms in total. The maximum atomic E-state index is 12.8. The quantitative estimate of drug-likeness (QED) is 0.801. The minimum atomic E-state index is 0.215. The fraction of sp³-hybridized carbons (Fsp3) is 0.429. The van der Waals surface area contributed by atoms with Gasteiger partial charge in [0.25, 0.3) is 0 Å². The number of benzene rings is 1. The summed E-state index contributed by atoms with van der Waals surface area (Å²) in [5.41, 5.74) is 2.19. The number of likely N-dealkylation sites (tertiary alicyclic amines) is 1. The highest BCUT2D eigenvalue weighted by Crippen LogP contribution is 2.40. The number of hydrogen-bond acceptors (Lipinski definition) is 2. The molecule has 1 saturated heterocycles. The van der Waals surface area contributed by atoms with Gasteiger partial charge in [-0.2, -0.15) is 5.10 Å². The third-order valence-corrected chi connectivity index (χ3v) is 5.57. The van der Waals surface area contributed by atoms with E-state index >= 15 is 0 Å². The Kier molecular flexibility index (Phi) is 4.43. The van der Waals surface area contributed by atoms with E-state index in [0.717, 1.165) is 43.7 Å². The zero-order valence-corrected chi connectivity index (χ0v) is 14.6. The Hall–Kier alpha value is -2.36. The van der Waals surface area contributed by atoms with Crippen LogP contribution in [0.5, 0.6) is 0 Å². The van der Waals surface area contributed by atoms with Gasteiger partial charge < -0.3 is 4.90 Å². The van der Waals surface area contributed by atoms with E-state index < -0.39 is 0 Å². The third-order valence-electron chi connectivity index (χ3n) is 5.57. The molecule has 0 bridgehead atoms. The van der Waals surface area contributed by atoms with Crippen LogP contribution in [0.3, 0.4) is 0 Å². The Bertz CT molecular complexity index is 764. The topological polar surface area (TPSA) is 38.1 Å². The number of allylic oxidation sites excluding steroid dienone is 2. The van der Waals surface area contributed by atoms with Crippen LogP contribution in [0.4, 0.5) is 0 Å². The van der Waals surface area contributed by atoms with Crippen molar-refractivity contribution in [2.24, 2.45) is 5.41 Å². The summed E-state index contributed by atoms with van der Waals surface area (Å²) in [5.74, 6) is 0.215. The summed E-state index contributed by atoms with van der Waals surface area (Å²) >= 11 is 0. The molecular weight excluding hydrogens is 310 g/mol. The zero-order chi connectivity index (χ0) is 17.1. The summed E-state index contributed by atoms with van der Waals surface area (Å²) in [6, 6.07) is 12.0. The highest BCUT2D eigenvalue weighted by molar-refractivity contribution is 5.78. The smallest absolute Gasteiger partial charge is 0.228 e. The molecule has 0 saturated carbocycles. The van der Waals surface area contributed by atoms with Crippen LogP contribution < -0.4 is 0 Å². The van der Waals surface area contributed by atoms with Crippen LogP contribution in [0.15, 0.2) is 54.7 Å². The molecule has 1 aromatic heterocycles. The van der Waals surface area contributed by atoms with Crippen molar-refractivity contribution in [3.8, 4) is 5.69 Å². The summed E-state index contributed by atoms with van der Waals surface area (Å²) in [7, 11) is 0. The Labute approximate surface area is 149 Å². The van der Waals surface area contributed by atoms with E-state index in [1.165, 1.54) is 12.8 Å². The van der Waals surface area contributed by atoms with Crippen LogP contribution in [-0.4, -0.2) is 33.7 Å². The number of carbonyl (C=O) groups excluding carboxylic acids is 1. The first-order valence-electron chi connectivity index (χ1n) is 9.27.